The van der Waals surface area contributed by atoms with Gasteiger partial charge in [-0.25, -0.2) is 0 Å². The first-order valence-electron chi connectivity index (χ1n) is 1.65. The zero-order valence-electron chi connectivity index (χ0n) is 3.28. The Bertz CT molecular complexity index is 146. The third-order valence-corrected chi connectivity index (χ3v) is 0.550. The van der Waals surface area contributed by atoms with Gasteiger partial charge in [-0.1, -0.05) is 0 Å². The Morgan fingerprint density at radius 3 is 2.43 bits per heavy atom. The average Bonchev–Trinajstić information content (AvgIpc) is 1.91. The van der Waals surface area contributed by atoms with Gasteiger partial charge < -0.3 is 0 Å². The number of hydrogen-bond acceptors (Lipinski definition) is 1. The van der Waals surface area contributed by atoms with Crippen LogP contribution in [0, 0.1) is 11.9 Å². The Morgan fingerprint density at radius 2 is 2.29 bits per heavy atom. The number of aromatic amines is 1. The predicted molar refractivity (Wildman–Crippen MR) is 19.9 cm³/mol. The van der Waals surface area contributed by atoms with E-state index in [4.69, 9.17) is 0 Å². The molecule has 0 saturated heterocycles. The molecule has 0 saturated carbocycles. The fourth-order valence-electron chi connectivity index (χ4n) is 0.262. The summed E-state index contributed by atoms with van der Waals surface area (Å²) in [6, 6.07) is 0. The van der Waals surface area contributed by atoms with Crippen molar-refractivity contribution in [2.75, 3.05) is 0 Å². The van der Waals surface area contributed by atoms with Crippen molar-refractivity contribution in [3.05, 3.63) is 11.9 Å². The topological polar surface area (TPSA) is 28.7 Å². The van der Waals surface area contributed by atoms with Gasteiger partial charge in [-0.15, -0.1) is 0 Å². The van der Waals surface area contributed by atoms with E-state index < -0.39 is 11.9 Å². The molecule has 5 heteroatoms. The van der Waals surface area contributed by atoms with Crippen molar-refractivity contribution in [3.63, 3.8) is 0 Å². The summed E-state index contributed by atoms with van der Waals surface area (Å²) in [6.45, 7) is 0. The summed E-state index contributed by atoms with van der Waals surface area (Å²) in [6.07, 6.45) is 0. The van der Waals surface area contributed by atoms with E-state index in [0.29, 0.717) is 0 Å². The predicted octanol–water partition coefficient (Wildman–Crippen LogP) is 0.0260. The monoisotopic (exact) mass is 102 g/mol. The summed E-state index contributed by atoms with van der Waals surface area (Å²) in [5.74, 6) is -2.10. The quantitative estimate of drug-likeness (QED) is 0.491. The number of aromatic nitrogens is 2. The molecule has 0 atom stereocenters. The van der Waals surface area contributed by atoms with Gasteiger partial charge in [-0.3, -0.25) is 0 Å². The van der Waals surface area contributed by atoms with E-state index >= 15 is 0 Å². The van der Waals surface area contributed by atoms with Crippen molar-refractivity contribution in [3.8, 4) is 0 Å². The van der Waals surface area contributed by atoms with E-state index in [2.05, 4.69) is 4.89 Å². The molecule has 1 aromatic rings. The summed E-state index contributed by atoms with van der Waals surface area (Å²) >= 11 is 0. The Morgan fingerprint density at radius 1 is 1.57 bits per heavy atom. The van der Waals surface area contributed by atoms with Gasteiger partial charge in [-0.2, -0.15) is 0 Å². The first-order chi connectivity index (χ1) is 3.30. The molecule has 0 fully saturated rings. The number of hydrogen-bond donors (Lipinski definition) is 1. The minimum absolute atomic E-state index is 0.949. The Kier molecular flexibility index (Phi) is 0.886. The number of rotatable bonds is 0. The van der Waals surface area contributed by atoms with Gasteiger partial charge in [0.1, 0.15) is 0 Å². The Hall–Kier alpha value is -0.735. The van der Waals surface area contributed by atoms with E-state index in [1.54, 1.807) is 0 Å². The molecule has 0 aliphatic carbocycles. The van der Waals surface area contributed by atoms with Crippen molar-refractivity contribution >= 4 is 7.19 Å². The zero-order valence-corrected chi connectivity index (χ0v) is 3.28. The van der Waals surface area contributed by atoms with Crippen LogP contribution in [0.15, 0.2) is 0 Å². The van der Waals surface area contributed by atoms with E-state index in [1.165, 1.54) is 0 Å². The third-order valence-electron chi connectivity index (χ3n) is 0.550. The fourth-order valence-corrected chi connectivity index (χ4v) is 0.262. The molecule has 1 heterocycles. The van der Waals surface area contributed by atoms with Crippen molar-refractivity contribution < 1.29 is 8.78 Å². The summed E-state index contributed by atoms with van der Waals surface area (Å²) in [5, 5.41) is 0. The van der Waals surface area contributed by atoms with Crippen LogP contribution in [0.1, 0.15) is 0 Å². The molecule has 0 amide bonds. The van der Waals surface area contributed by atoms with Gasteiger partial charge in [0.15, 0.2) is 0 Å². The van der Waals surface area contributed by atoms with E-state index in [0.717, 1.165) is 7.19 Å². The zero-order chi connectivity index (χ0) is 5.28. The second-order valence-corrected chi connectivity index (χ2v) is 1.01. The molecule has 0 radical (unpaired) electrons. The van der Waals surface area contributed by atoms with Gasteiger partial charge in [0, 0.05) is 0 Å². The van der Waals surface area contributed by atoms with Crippen LogP contribution in [0.4, 0.5) is 8.78 Å². The molecule has 1 N–H and O–H groups in total. The maximum atomic E-state index is 11.6. The van der Waals surface area contributed by atoms with Gasteiger partial charge in [0.25, 0.3) is 0 Å². The fraction of sp³-hybridized carbons (Fsp3) is 0. The van der Waals surface area contributed by atoms with Crippen molar-refractivity contribution in [1.82, 2.24) is 9.78 Å². The normalized spacial score (nSPS) is 8.86. The SMILES string of the molecule is Fc1nb[nH]c1F. The molecule has 36 valence electrons. The summed E-state index contributed by atoms with van der Waals surface area (Å²) < 4.78 is 23.1. The van der Waals surface area contributed by atoms with E-state index in [1.807, 2.05) is 4.89 Å². The van der Waals surface area contributed by atoms with Crippen LogP contribution in [-0.4, -0.2) is 17.0 Å². The Balaban J connectivity index is 3.12. The number of nitrogens with one attached hydrogen (secondary N) is 1. The molecule has 0 spiro atoms. The van der Waals surface area contributed by atoms with Crippen molar-refractivity contribution in [2.24, 2.45) is 0 Å². The summed E-state index contributed by atoms with van der Waals surface area (Å²) in [7, 11) is 0.949. The van der Waals surface area contributed by atoms with Crippen molar-refractivity contribution in [1.29, 1.82) is 0 Å². The van der Waals surface area contributed by atoms with Crippen molar-refractivity contribution in [2.45, 2.75) is 0 Å². The van der Waals surface area contributed by atoms with Crippen LogP contribution in [0.2, 0.25) is 0 Å². The van der Waals surface area contributed by atoms with Crippen LogP contribution in [0.5, 0.6) is 0 Å². The molecular formula is C2HBF2N2. The van der Waals surface area contributed by atoms with Gasteiger partial charge in [0.2, 0.25) is 0 Å². The second kappa shape index (κ2) is 1.40. The number of nitrogens with zero attached hydrogens (tertiary/aromatic N) is 1. The molecule has 0 aromatic carbocycles. The maximum absolute atomic E-state index is 11.6. The second-order valence-electron chi connectivity index (χ2n) is 1.01. The van der Waals surface area contributed by atoms with Crippen LogP contribution in [-0.2, 0) is 0 Å². The number of halogens is 2. The van der Waals surface area contributed by atoms with Crippen LogP contribution in [0.25, 0.3) is 0 Å². The molecule has 1 aromatic heterocycles. The summed E-state index contributed by atoms with van der Waals surface area (Å²) in [5.41, 5.74) is 0. The van der Waals surface area contributed by atoms with Crippen LogP contribution >= 0.6 is 0 Å². The Labute approximate surface area is 38.8 Å². The molecule has 7 heavy (non-hydrogen) atoms. The van der Waals surface area contributed by atoms with E-state index in [-0.39, 0.29) is 0 Å². The molecule has 1 rings (SSSR count). The standard InChI is InChI=1S/C2HBF2N2/c4-1-2(5)7-3-6-1/h6H. The van der Waals surface area contributed by atoms with Gasteiger partial charge >= 0.3 is 37.7 Å². The molecule has 0 unspecified atom stereocenters. The summed E-state index contributed by atoms with van der Waals surface area (Å²) in [4.78, 5) is 4.83. The first kappa shape index (κ1) is 4.42. The molecule has 0 bridgehead atoms. The molecule has 0 aliphatic rings. The average molecular weight is 102 g/mol. The van der Waals surface area contributed by atoms with Crippen LogP contribution in [0.3, 0.4) is 0 Å². The molecule has 0 aliphatic heterocycles. The third kappa shape index (κ3) is 0.654. The van der Waals surface area contributed by atoms with Gasteiger partial charge in [-0.05, 0) is 0 Å². The van der Waals surface area contributed by atoms with Crippen LogP contribution < -0.4 is 0 Å². The van der Waals surface area contributed by atoms with E-state index in [9.17, 15) is 8.78 Å². The molecule has 2 nitrogen and oxygen atoms in total. The van der Waals surface area contributed by atoms with Gasteiger partial charge in [0.05, 0.1) is 0 Å². The number of H-pyrrole nitrogens is 1. The molecular weight excluding hydrogens is 101 g/mol. The first-order valence-corrected chi connectivity index (χ1v) is 1.65. The minimum atomic E-state index is -1.08.